The highest BCUT2D eigenvalue weighted by molar-refractivity contribution is 7.09. The van der Waals surface area contributed by atoms with E-state index in [1.54, 1.807) is 0 Å². The quantitative estimate of drug-likeness (QED) is 0.763. The van der Waals surface area contributed by atoms with Crippen molar-refractivity contribution in [3.63, 3.8) is 0 Å². The molecule has 1 aromatic rings. The molecule has 114 valence electrons. The monoisotopic (exact) mass is 300 g/mol. The van der Waals surface area contributed by atoms with Gasteiger partial charge < -0.3 is 10.4 Å². The topological polar surface area (TPSA) is 71.3 Å². The molecule has 1 unspecified atom stereocenters. The molecule has 0 saturated heterocycles. The number of nitrogens with one attached hydrogen (secondary N) is 1. The van der Waals surface area contributed by atoms with Crippen LogP contribution in [-0.2, 0) is 11.3 Å². The van der Waals surface area contributed by atoms with Crippen LogP contribution in [-0.4, -0.2) is 28.7 Å². The van der Waals surface area contributed by atoms with Crippen molar-refractivity contribution >= 4 is 17.2 Å². The molecular formula is C14H24N2O3S. The van der Waals surface area contributed by atoms with E-state index in [4.69, 9.17) is 5.11 Å². The summed E-state index contributed by atoms with van der Waals surface area (Å²) in [5.41, 5.74) is 0.857. The first kappa shape index (κ1) is 16.9. The molecule has 5 nitrogen and oxygen atoms in total. The molecule has 0 radical (unpaired) electrons. The summed E-state index contributed by atoms with van der Waals surface area (Å²) < 4.78 is 1.51. The maximum atomic E-state index is 11.9. The second-order valence-corrected chi connectivity index (χ2v) is 6.23. The minimum Gasteiger partial charge on any atom is -0.396 e. The third-order valence-electron chi connectivity index (χ3n) is 3.50. The Kier molecular flexibility index (Phi) is 6.95. The van der Waals surface area contributed by atoms with E-state index in [1.807, 2.05) is 13.8 Å². The number of carbonyl (C=O) groups is 1. The fourth-order valence-electron chi connectivity index (χ4n) is 2.17. The first-order valence-electron chi connectivity index (χ1n) is 7.04. The number of aliphatic hydroxyl groups is 1. The van der Waals surface area contributed by atoms with E-state index in [9.17, 15) is 9.59 Å². The second kappa shape index (κ2) is 8.21. The van der Waals surface area contributed by atoms with E-state index in [2.05, 4.69) is 12.2 Å². The summed E-state index contributed by atoms with van der Waals surface area (Å²) >= 11 is 1.17. The van der Waals surface area contributed by atoms with Crippen molar-refractivity contribution in [2.24, 2.45) is 5.92 Å². The molecule has 1 heterocycles. The third kappa shape index (κ3) is 4.76. The van der Waals surface area contributed by atoms with Crippen molar-refractivity contribution in [2.45, 2.75) is 46.6 Å². The molecule has 1 atom stereocenters. The average molecular weight is 300 g/mol. The fraction of sp³-hybridized carbons (Fsp3) is 0.714. The van der Waals surface area contributed by atoms with Crippen LogP contribution in [0.25, 0.3) is 0 Å². The van der Waals surface area contributed by atoms with Crippen LogP contribution in [0.5, 0.6) is 0 Å². The minimum atomic E-state index is -0.146. The predicted molar refractivity (Wildman–Crippen MR) is 81.2 cm³/mol. The van der Waals surface area contributed by atoms with Crippen LogP contribution in [0.2, 0.25) is 0 Å². The van der Waals surface area contributed by atoms with Crippen LogP contribution in [0, 0.1) is 19.8 Å². The van der Waals surface area contributed by atoms with Crippen LogP contribution in [0.4, 0.5) is 0 Å². The van der Waals surface area contributed by atoms with Gasteiger partial charge in [-0.25, -0.2) is 0 Å². The second-order valence-electron chi connectivity index (χ2n) is 5.07. The molecule has 0 aliphatic rings. The van der Waals surface area contributed by atoms with Crippen molar-refractivity contribution in [3.8, 4) is 0 Å². The van der Waals surface area contributed by atoms with Gasteiger partial charge in [0.15, 0.2) is 0 Å². The SMILES string of the molecule is CCCC(CCO)CNC(=O)Cn1c(C)c(C)sc1=O. The summed E-state index contributed by atoms with van der Waals surface area (Å²) in [5.74, 6) is 0.156. The number of aromatic nitrogens is 1. The van der Waals surface area contributed by atoms with Crippen molar-refractivity contribution in [3.05, 3.63) is 20.2 Å². The zero-order valence-corrected chi connectivity index (χ0v) is 13.3. The smallest absolute Gasteiger partial charge is 0.308 e. The highest BCUT2D eigenvalue weighted by Gasteiger charge is 2.13. The molecule has 20 heavy (non-hydrogen) atoms. The van der Waals surface area contributed by atoms with Gasteiger partial charge >= 0.3 is 4.87 Å². The summed E-state index contributed by atoms with van der Waals surface area (Å²) in [6.07, 6.45) is 2.71. The van der Waals surface area contributed by atoms with Crippen LogP contribution in [0.3, 0.4) is 0 Å². The van der Waals surface area contributed by atoms with Crippen LogP contribution in [0.1, 0.15) is 36.8 Å². The molecular weight excluding hydrogens is 276 g/mol. The largest absolute Gasteiger partial charge is 0.396 e. The number of amides is 1. The molecule has 0 fully saturated rings. The van der Waals surface area contributed by atoms with Crippen LogP contribution in [0.15, 0.2) is 4.79 Å². The lowest BCUT2D eigenvalue weighted by Crippen LogP contribution is -2.34. The van der Waals surface area contributed by atoms with Gasteiger partial charge in [-0.05, 0) is 32.6 Å². The molecule has 6 heteroatoms. The average Bonchev–Trinajstić information content (AvgIpc) is 2.63. The highest BCUT2D eigenvalue weighted by atomic mass is 32.1. The van der Waals surface area contributed by atoms with Gasteiger partial charge in [0, 0.05) is 23.7 Å². The highest BCUT2D eigenvalue weighted by Crippen LogP contribution is 2.10. The molecule has 0 aliphatic heterocycles. The van der Waals surface area contributed by atoms with Gasteiger partial charge in [0.25, 0.3) is 0 Å². The summed E-state index contributed by atoms with van der Waals surface area (Å²) in [4.78, 5) is 24.5. The number of carbonyl (C=O) groups excluding carboxylic acids is 1. The van der Waals surface area contributed by atoms with E-state index < -0.39 is 0 Å². The molecule has 2 N–H and O–H groups in total. The van der Waals surface area contributed by atoms with E-state index in [-0.39, 0.29) is 23.9 Å². The Morgan fingerprint density at radius 3 is 2.60 bits per heavy atom. The van der Waals surface area contributed by atoms with Gasteiger partial charge in [0.05, 0.1) is 0 Å². The first-order valence-corrected chi connectivity index (χ1v) is 7.85. The summed E-state index contributed by atoms with van der Waals surface area (Å²) in [6, 6.07) is 0. The lowest BCUT2D eigenvalue weighted by molar-refractivity contribution is -0.121. The first-order chi connectivity index (χ1) is 9.49. The van der Waals surface area contributed by atoms with Crippen LogP contribution >= 0.6 is 11.3 Å². The standard InChI is InChI=1S/C14H24N2O3S/c1-4-5-12(6-7-17)8-15-13(18)9-16-10(2)11(3)20-14(16)19/h12,17H,4-9H2,1-3H3,(H,15,18). The molecule has 0 aliphatic carbocycles. The van der Waals surface area contributed by atoms with Crippen molar-refractivity contribution in [2.75, 3.05) is 13.2 Å². The summed E-state index contributed by atoms with van der Waals surface area (Å²) in [7, 11) is 0. The van der Waals surface area contributed by atoms with Crippen molar-refractivity contribution < 1.29 is 9.90 Å². The van der Waals surface area contributed by atoms with Gasteiger partial charge in [-0.1, -0.05) is 24.7 Å². The van der Waals surface area contributed by atoms with Gasteiger partial charge in [-0.3, -0.25) is 14.2 Å². The maximum absolute atomic E-state index is 11.9. The third-order valence-corrected chi connectivity index (χ3v) is 4.50. The van der Waals surface area contributed by atoms with Crippen LogP contribution < -0.4 is 10.2 Å². The van der Waals surface area contributed by atoms with Crippen molar-refractivity contribution in [1.82, 2.24) is 9.88 Å². The molecule has 1 amide bonds. The zero-order chi connectivity index (χ0) is 15.1. The zero-order valence-electron chi connectivity index (χ0n) is 12.4. The molecule has 0 aromatic carbocycles. The van der Waals surface area contributed by atoms with E-state index in [0.717, 1.165) is 23.4 Å². The number of aryl methyl sites for hydroxylation is 1. The molecule has 0 bridgehead atoms. The number of hydrogen-bond donors (Lipinski definition) is 2. The van der Waals surface area contributed by atoms with Gasteiger partial charge in [-0.15, -0.1) is 0 Å². The van der Waals surface area contributed by atoms with Crippen molar-refractivity contribution in [1.29, 1.82) is 0 Å². The van der Waals surface area contributed by atoms with E-state index >= 15 is 0 Å². The summed E-state index contributed by atoms with van der Waals surface area (Å²) in [5, 5.41) is 11.8. The fourth-order valence-corrected chi connectivity index (χ4v) is 3.00. The maximum Gasteiger partial charge on any atom is 0.308 e. The Morgan fingerprint density at radius 2 is 2.10 bits per heavy atom. The van der Waals surface area contributed by atoms with E-state index in [1.165, 1.54) is 15.9 Å². The predicted octanol–water partition coefficient (Wildman–Crippen LogP) is 1.44. The molecule has 0 saturated carbocycles. The Bertz CT molecular complexity index is 487. The molecule has 1 rings (SSSR count). The Labute approximate surface area is 123 Å². The Hall–Kier alpha value is -1.14. The lowest BCUT2D eigenvalue weighted by atomic mass is 10.0. The summed E-state index contributed by atoms with van der Waals surface area (Å²) in [6.45, 7) is 6.60. The minimum absolute atomic E-state index is 0.0764. The normalized spacial score (nSPS) is 12.4. The Balaban J connectivity index is 2.53. The number of rotatable bonds is 8. The van der Waals surface area contributed by atoms with Gasteiger partial charge in [-0.2, -0.15) is 0 Å². The van der Waals surface area contributed by atoms with Gasteiger partial charge in [0.1, 0.15) is 6.54 Å². The molecule has 0 spiro atoms. The van der Waals surface area contributed by atoms with Gasteiger partial charge in [0.2, 0.25) is 5.91 Å². The lowest BCUT2D eigenvalue weighted by Gasteiger charge is -2.15. The number of aliphatic hydroxyl groups excluding tert-OH is 1. The molecule has 1 aromatic heterocycles. The number of nitrogens with zero attached hydrogens (tertiary/aromatic N) is 1. The Morgan fingerprint density at radius 1 is 1.40 bits per heavy atom. The number of thiazole rings is 1. The van der Waals surface area contributed by atoms with E-state index in [0.29, 0.717) is 18.9 Å². The number of hydrogen-bond acceptors (Lipinski definition) is 4.